The van der Waals surface area contributed by atoms with Crippen LogP contribution >= 0.6 is 0 Å². The van der Waals surface area contributed by atoms with Crippen LogP contribution in [0.1, 0.15) is 32.6 Å². The molecule has 1 aliphatic heterocycles. The summed E-state index contributed by atoms with van der Waals surface area (Å²) >= 11 is 0. The van der Waals surface area contributed by atoms with Crippen molar-refractivity contribution >= 4 is 15.7 Å². The predicted molar refractivity (Wildman–Crippen MR) is 58.2 cm³/mol. The zero-order valence-corrected chi connectivity index (χ0v) is 9.39. The van der Waals surface area contributed by atoms with Crippen molar-refractivity contribution in [1.82, 2.24) is 0 Å². The molecule has 0 aromatic rings. The van der Waals surface area contributed by atoms with Crippen LogP contribution in [-0.2, 0) is 9.84 Å². The molecule has 1 fully saturated rings. The third kappa shape index (κ3) is 3.65. The van der Waals surface area contributed by atoms with Gasteiger partial charge in [-0.2, -0.15) is 0 Å². The monoisotopic (exact) mass is 218 g/mol. The zero-order chi connectivity index (χ0) is 10.6. The highest BCUT2D eigenvalue weighted by Gasteiger charge is 2.22. The summed E-state index contributed by atoms with van der Waals surface area (Å²) < 4.78 is 22.3. The Morgan fingerprint density at radius 1 is 1.43 bits per heavy atom. The first-order valence-electron chi connectivity index (χ1n) is 5.06. The number of nitrogens with two attached hydrogens (primary N) is 1. The maximum Gasteiger partial charge on any atom is 0.150 e. The second-order valence-electron chi connectivity index (χ2n) is 3.75. The quantitative estimate of drug-likeness (QED) is 0.560. The van der Waals surface area contributed by atoms with Crippen LogP contribution in [0.3, 0.4) is 0 Å². The molecule has 82 valence electrons. The van der Waals surface area contributed by atoms with Gasteiger partial charge in [-0.15, -0.1) is 0 Å². The molecule has 0 saturated carbocycles. The van der Waals surface area contributed by atoms with Crippen LogP contribution in [0.2, 0.25) is 0 Å². The molecule has 1 rings (SSSR count). The summed E-state index contributed by atoms with van der Waals surface area (Å²) in [5, 5.41) is 0. The van der Waals surface area contributed by atoms with Gasteiger partial charge in [0.15, 0.2) is 0 Å². The molecule has 0 radical (unpaired) electrons. The number of nitrogens with zero attached hydrogens (tertiary/aromatic N) is 1. The second-order valence-corrected chi connectivity index (χ2v) is 6.06. The summed E-state index contributed by atoms with van der Waals surface area (Å²) in [5.41, 5.74) is 5.68. The molecule has 5 heteroatoms. The van der Waals surface area contributed by atoms with Gasteiger partial charge in [0.25, 0.3) is 0 Å². The topological polar surface area (TPSA) is 72.5 Å². The standard InChI is InChI=1S/C9H18N2O2S/c1-2-3-9(10)11-8-4-6-14(12,13)7-5-8/h8H,2-7H2,1H3,(H2,10,11). The van der Waals surface area contributed by atoms with Crippen LogP contribution in [-0.4, -0.2) is 31.8 Å². The number of hydrogen-bond donors (Lipinski definition) is 1. The molecule has 0 aliphatic carbocycles. The van der Waals surface area contributed by atoms with Crippen LogP contribution in [0.5, 0.6) is 0 Å². The predicted octanol–water partition coefficient (Wildman–Crippen LogP) is 0.721. The van der Waals surface area contributed by atoms with E-state index in [1.54, 1.807) is 0 Å². The maximum atomic E-state index is 11.1. The molecule has 1 heterocycles. The Morgan fingerprint density at radius 2 is 2.00 bits per heavy atom. The molecule has 0 atom stereocenters. The van der Waals surface area contributed by atoms with Gasteiger partial charge in [-0.25, -0.2) is 8.42 Å². The van der Waals surface area contributed by atoms with Gasteiger partial charge >= 0.3 is 0 Å². The molecule has 0 bridgehead atoms. The van der Waals surface area contributed by atoms with E-state index in [0.717, 1.165) is 12.8 Å². The molecule has 0 spiro atoms. The highest BCUT2D eigenvalue weighted by atomic mass is 32.2. The van der Waals surface area contributed by atoms with Gasteiger partial charge in [-0.05, 0) is 19.3 Å². The number of amidine groups is 1. The lowest BCUT2D eigenvalue weighted by Crippen LogP contribution is -2.27. The SMILES string of the molecule is CCCC(N)=NC1CCS(=O)(=O)CC1. The van der Waals surface area contributed by atoms with Gasteiger partial charge in [-0.3, -0.25) is 4.99 Å². The summed E-state index contributed by atoms with van der Waals surface area (Å²) in [6, 6.07) is 0.130. The molecular formula is C9H18N2O2S. The first kappa shape index (κ1) is 11.5. The highest BCUT2D eigenvalue weighted by Crippen LogP contribution is 2.15. The summed E-state index contributed by atoms with van der Waals surface area (Å²) in [6.45, 7) is 2.05. The van der Waals surface area contributed by atoms with Gasteiger partial charge in [-0.1, -0.05) is 6.92 Å². The van der Waals surface area contributed by atoms with Gasteiger partial charge in [0.2, 0.25) is 0 Å². The Kier molecular flexibility index (Phi) is 3.92. The molecule has 0 amide bonds. The molecule has 1 aliphatic rings. The molecule has 0 unspecified atom stereocenters. The normalized spacial score (nSPS) is 23.6. The average Bonchev–Trinajstić information content (AvgIpc) is 2.09. The van der Waals surface area contributed by atoms with Crippen molar-refractivity contribution in [3.63, 3.8) is 0 Å². The molecule has 0 aromatic carbocycles. The third-order valence-corrected chi connectivity index (χ3v) is 4.09. The van der Waals surface area contributed by atoms with E-state index in [9.17, 15) is 8.42 Å². The summed E-state index contributed by atoms with van der Waals surface area (Å²) in [7, 11) is -2.77. The fraction of sp³-hybridized carbons (Fsp3) is 0.889. The van der Waals surface area contributed by atoms with E-state index < -0.39 is 9.84 Å². The van der Waals surface area contributed by atoms with Crippen LogP contribution in [0.25, 0.3) is 0 Å². The van der Waals surface area contributed by atoms with E-state index >= 15 is 0 Å². The second kappa shape index (κ2) is 4.77. The van der Waals surface area contributed by atoms with E-state index in [0.29, 0.717) is 18.7 Å². The van der Waals surface area contributed by atoms with Crippen molar-refractivity contribution in [3.8, 4) is 0 Å². The first-order valence-corrected chi connectivity index (χ1v) is 6.88. The fourth-order valence-corrected chi connectivity index (χ4v) is 3.03. The van der Waals surface area contributed by atoms with Crippen LogP contribution < -0.4 is 5.73 Å². The molecule has 1 saturated heterocycles. The lowest BCUT2D eigenvalue weighted by Gasteiger charge is -2.18. The number of rotatable bonds is 3. The first-order chi connectivity index (χ1) is 6.53. The smallest absolute Gasteiger partial charge is 0.150 e. The van der Waals surface area contributed by atoms with Gasteiger partial charge in [0.1, 0.15) is 9.84 Å². The number of hydrogen-bond acceptors (Lipinski definition) is 3. The van der Waals surface area contributed by atoms with Crippen molar-refractivity contribution < 1.29 is 8.42 Å². The minimum absolute atomic E-state index is 0.130. The van der Waals surface area contributed by atoms with Crippen LogP contribution in [0, 0.1) is 0 Å². The fourth-order valence-electron chi connectivity index (χ4n) is 1.56. The van der Waals surface area contributed by atoms with Crippen molar-refractivity contribution in [1.29, 1.82) is 0 Å². The van der Waals surface area contributed by atoms with Gasteiger partial charge in [0.05, 0.1) is 23.4 Å². The lowest BCUT2D eigenvalue weighted by molar-refractivity contribution is 0.547. The van der Waals surface area contributed by atoms with Crippen molar-refractivity contribution in [3.05, 3.63) is 0 Å². The molecule has 14 heavy (non-hydrogen) atoms. The number of sulfone groups is 1. The Morgan fingerprint density at radius 3 is 2.50 bits per heavy atom. The molecular weight excluding hydrogens is 200 g/mol. The molecule has 4 nitrogen and oxygen atoms in total. The Bertz CT molecular complexity index is 295. The Balaban J connectivity index is 2.46. The minimum Gasteiger partial charge on any atom is -0.387 e. The van der Waals surface area contributed by atoms with Gasteiger partial charge < -0.3 is 5.73 Å². The third-order valence-electron chi connectivity index (χ3n) is 2.38. The van der Waals surface area contributed by atoms with Gasteiger partial charge in [0, 0.05) is 6.42 Å². The van der Waals surface area contributed by atoms with E-state index in [4.69, 9.17) is 5.73 Å². The lowest BCUT2D eigenvalue weighted by atomic mass is 10.2. The average molecular weight is 218 g/mol. The Hall–Kier alpha value is -0.580. The zero-order valence-electron chi connectivity index (χ0n) is 8.57. The van der Waals surface area contributed by atoms with E-state index in [1.165, 1.54) is 0 Å². The molecule has 2 N–H and O–H groups in total. The summed E-state index contributed by atoms with van der Waals surface area (Å²) in [5.74, 6) is 1.19. The van der Waals surface area contributed by atoms with Crippen molar-refractivity contribution in [2.75, 3.05) is 11.5 Å². The van der Waals surface area contributed by atoms with E-state index in [-0.39, 0.29) is 17.5 Å². The Labute approximate surface area is 85.5 Å². The maximum absolute atomic E-state index is 11.1. The van der Waals surface area contributed by atoms with Crippen LogP contribution in [0.15, 0.2) is 4.99 Å². The van der Waals surface area contributed by atoms with E-state index in [2.05, 4.69) is 4.99 Å². The van der Waals surface area contributed by atoms with Crippen molar-refractivity contribution in [2.45, 2.75) is 38.6 Å². The van der Waals surface area contributed by atoms with Crippen LogP contribution in [0.4, 0.5) is 0 Å². The van der Waals surface area contributed by atoms with E-state index in [1.807, 2.05) is 6.92 Å². The summed E-state index contributed by atoms with van der Waals surface area (Å²) in [4.78, 5) is 4.32. The minimum atomic E-state index is -2.77. The van der Waals surface area contributed by atoms with Crippen molar-refractivity contribution in [2.24, 2.45) is 10.7 Å². The number of aliphatic imine (C=N–C) groups is 1. The molecule has 0 aromatic heterocycles. The largest absolute Gasteiger partial charge is 0.387 e. The summed E-state index contributed by atoms with van der Waals surface area (Å²) in [6.07, 6.45) is 3.06. The highest BCUT2D eigenvalue weighted by molar-refractivity contribution is 7.91.